The molecule has 0 aliphatic carbocycles. The van der Waals surface area contributed by atoms with E-state index in [-0.39, 0.29) is 11.2 Å². The van der Waals surface area contributed by atoms with Crippen molar-refractivity contribution < 1.29 is 9.47 Å². The molecule has 0 N–H and O–H groups in total. The summed E-state index contributed by atoms with van der Waals surface area (Å²) < 4.78 is 11.0. The molecule has 0 atom stereocenters. The zero-order chi connectivity index (χ0) is 16.6. The van der Waals surface area contributed by atoms with Crippen LogP contribution in [0.15, 0.2) is 48.9 Å². The van der Waals surface area contributed by atoms with Crippen LogP contribution in [0.5, 0.6) is 11.6 Å². The Morgan fingerprint density at radius 2 is 1.45 bits per heavy atom. The maximum absolute atomic E-state index is 5.54. The zero-order valence-electron chi connectivity index (χ0n) is 14.3. The third-order valence-corrected chi connectivity index (χ3v) is 2.11. The molecule has 0 saturated heterocycles. The molecular weight excluding hydrogens is 276 g/mol. The summed E-state index contributed by atoms with van der Waals surface area (Å²) in [7, 11) is 0. The fourth-order valence-electron chi connectivity index (χ4n) is 1.48. The van der Waals surface area contributed by atoms with Crippen molar-refractivity contribution in [3.8, 4) is 11.6 Å². The van der Waals surface area contributed by atoms with Gasteiger partial charge in [-0.1, -0.05) is 6.07 Å². The minimum Gasteiger partial charge on any atom is -0.487 e. The summed E-state index contributed by atoms with van der Waals surface area (Å²) in [6, 6.07) is 9.40. The molecule has 0 bridgehead atoms. The molecule has 2 aromatic rings. The number of rotatable bonds is 2. The van der Waals surface area contributed by atoms with E-state index in [2.05, 4.69) is 9.97 Å². The van der Waals surface area contributed by atoms with Gasteiger partial charge in [0.1, 0.15) is 17.0 Å². The van der Waals surface area contributed by atoms with Crippen LogP contribution in [0.2, 0.25) is 0 Å². The molecule has 0 spiro atoms. The quantitative estimate of drug-likeness (QED) is 0.818. The molecule has 2 aromatic heterocycles. The Hall–Kier alpha value is -2.10. The molecule has 0 radical (unpaired) electrons. The summed E-state index contributed by atoms with van der Waals surface area (Å²) in [4.78, 5) is 7.99. The molecule has 0 amide bonds. The summed E-state index contributed by atoms with van der Waals surface area (Å²) >= 11 is 0. The summed E-state index contributed by atoms with van der Waals surface area (Å²) in [5.41, 5.74) is -0.294. The fourth-order valence-corrected chi connectivity index (χ4v) is 1.48. The smallest absolute Gasteiger partial charge is 0.213 e. The molecule has 22 heavy (non-hydrogen) atoms. The molecule has 2 heterocycles. The lowest BCUT2D eigenvalue weighted by molar-refractivity contribution is 0.124. The Labute approximate surface area is 133 Å². The van der Waals surface area contributed by atoms with Crippen molar-refractivity contribution in [3.05, 3.63) is 48.9 Å². The first-order valence-corrected chi connectivity index (χ1v) is 7.35. The third-order valence-electron chi connectivity index (χ3n) is 2.11. The van der Waals surface area contributed by atoms with Crippen LogP contribution in [0, 0.1) is 0 Å². The first-order chi connectivity index (χ1) is 10.2. The fraction of sp³-hybridized carbons (Fsp3) is 0.444. The highest BCUT2D eigenvalue weighted by molar-refractivity contribution is 5.16. The average Bonchev–Trinajstić information content (AvgIpc) is 2.38. The molecule has 0 aromatic carbocycles. The summed E-state index contributed by atoms with van der Waals surface area (Å²) in [5.74, 6) is 1.50. The van der Waals surface area contributed by atoms with E-state index in [1.807, 2.05) is 71.9 Å². The number of pyridine rings is 2. The van der Waals surface area contributed by atoms with Crippen LogP contribution in [0.25, 0.3) is 0 Å². The van der Waals surface area contributed by atoms with E-state index < -0.39 is 0 Å². The van der Waals surface area contributed by atoms with Gasteiger partial charge in [-0.15, -0.1) is 0 Å². The van der Waals surface area contributed by atoms with Gasteiger partial charge in [-0.25, -0.2) is 4.98 Å². The van der Waals surface area contributed by atoms with E-state index in [4.69, 9.17) is 9.47 Å². The normalized spacial score (nSPS) is 11.2. The molecule has 0 aliphatic rings. The van der Waals surface area contributed by atoms with Gasteiger partial charge in [0.05, 0.1) is 6.20 Å². The van der Waals surface area contributed by atoms with Crippen LogP contribution in [-0.2, 0) is 0 Å². The molecular formula is C18H26N2O2. The predicted octanol–water partition coefficient (Wildman–Crippen LogP) is 4.52. The Morgan fingerprint density at radius 3 is 1.91 bits per heavy atom. The maximum Gasteiger partial charge on any atom is 0.213 e. The second-order valence-corrected chi connectivity index (χ2v) is 6.79. The van der Waals surface area contributed by atoms with E-state index in [0.717, 1.165) is 5.75 Å². The van der Waals surface area contributed by atoms with Gasteiger partial charge in [0, 0.05) is 18.5 Å². The van der Waals surface area contributed by atoms with Crippen molar-refractivity contribution in [2.75, 3.05) is 0 Å². The Morgan fingerprint density at radius 1 is 0.773 bits per heavy atom. The molecule has 4 heteroatoms. The second kappa shape index (κ2) is 7.78. The van der Waals surface area contributed by atoms with Crippen LogP contribution in [0.1, 0.15) is 41.5 Å². The van der Waals surface area contributed by atoms with Gasteiger partial charge in [0.2, 0.25) is 5.88 Å². The molecule has 120 valence electrons. The van der Waals surface area contributed by atoms with Gasteiger partial charge < -0.3 is 9.47 Å². The highest BCUT2D eigenvalue weighted by Crippen LogP contribution is 2.15. The first-order valence-electron chi connectivity index (χ1n) is 7.35. The van der Waals surface area contributed by atoms with Crippen molar-refractivity contribution in [1.29, 1.82) is 0 Å². The summed E-state index contributed by atoms with van der Waals surface area (Å²) in [5, 5.41) is 0. The minimum absolute atomic E-state index is 0.136. The van der Waals surface area contributed by atoms with E-state index in [9.17, 15) is 0 Å². The van der Waals surface area contributed by atoms with Crippen molar-refractivity contribution in [2.45, 2.75) is 52.7 Å². The van der Waals surface area contributed by atoms with Crippen LogP contribution in [-0.4, -0.2) is 21.2 Å². The summed E-state index contributed by atoms with van der Waals surface area (Å²) in [6.07, 6.45) is 5.17. The lowest BCUT2D eigenvalue weighted by atomic mass is 10.2. The molecule has 0 aliphatic heterocycles. The van der Waals surface area contributed by atoms with Gasteiger partial charge in [-0.2, -0.15) is 0 Å². The van der Waals surface area contributed by atoms with Gasteiger partial charge in [-0.05, 0) is 59.7 Å². The van der Waals surface area contributed by atoms with Crippen molar-refractivity contribution in [1.82, 2.24) is 9.97 Å². The van der Waals surface area contributed by atoms with Crippen molar-refractivity contribution in [2.24, 2.45) is 0 Å². The van der Waals surface area contributed by atoms with Gasteiger partial charge >= 0.3 is 0 Å². The number of nitrogens with zero attached hydrogens (tertiary/aromatic N) is 2. The number of hydrogen-bond donors (Lipinski definition) is 0. The topological polar surface area (TPSA) is 44.2 Å². The maximum atomic E-state index is 5.54. The van der Waals surface area contributed by atoms with E-state index >= 15 is 0 Å². The Kier molecular flexibility index (Phi) is 6.35. The number of hydrogen-bond acceptors (Lipinski definition) is 4. The monoisotopic (exact) mass is 302 g/mol. The minimum atomic E-state index is -0.158. The van der Waals surface area contributed by atoms with Crippen LogP contribution in [0.4, 0.5) is 0 Å². The Balaban J connectivity index is 0.000000220. The first kappa shape index (κ1) is 18.0. The lowest BCUT2D eigenvalue weighted by Gasteiger charge is -2.20. The zero-order valence-corrected chi connectivity index (χ0v) is 14.3. The second-order valence-electron chi connectivity index (χ2n) is 6.79. The molecule has 0 fully saturated rings. The highest BCUT2D eigenvalue weighted by atomic mass is 16.5. The number of aromatic nitrogens is 2. The SMILES string of the molecule is CC(C)(C)Oc1ccccn1.CC(C)(C)Oc1cccnc1. The van der Waals surface area contributed by atoms with Crippen molar-refractivity contribution in [3.63, 3.8) is 0 Å². The third kappa shape index (κ3) is 8.95. The largest absolute Gasteiger partial charge is 0.487 e. The lowest BCUT2D eigenvalue weighted by Crippen LogP contribution is -2.23. The highest BCUT2D eigenvalue weighted by Gasteiger charge is 2.11. The van der Waals surface area contributed by atoms with Gasteiger partial charge in [0.15, 0.2) is 0 Å². The van der Waals surface area contributed by atoms with Crippen LogP contribution >= 0.6 is 0 Å². The van der Waals surface area contributed by atoms with E-state index in [0.29, 0.717) is 5.88 Å². The Bertz CT molecular complexity index is 477. The molecule has 4 nitrogen and oxygen atoms in total. The van der Waals surface area contributed by atoms with Crippen LogP contribution in [0.3, 0.4) is 0 Å². The van der Waals surface area contributed by atoms with Gasteiger partial charge in [0.25, 0.3) is 0 Å². The van der Waals surface area contributed by atoms with E-state index in [1.54, 1.807) is 18.6 Å². The van der Waals surface area contributed by atoms with E-state index in [1.165, 1.54) is 0 Å². The molecule has 0 saturated carbocycles. The summed E-state index contributed by atoms with van der Waals surface area (Å²) in [6.45, 7) is 12.0. The van der Waals surface area contributed by atoms with Gasteiger partial charge in [-0.3, -0.25) is 4.98 Å². The number of ether oxygens (including phenoxy) is 2. The molecule has 0 unspecified atom stereocenters. The molecule has 2 rings (SSSR count). The standard InChI is InChI=1S/2C9H13NO/c1-9(2,3)11-8-5-4-6-10-7-8;1-9(2,3)11-8-6-4-5-7-10-8/h2*4-7H,1-3H3. The average molecular weight is 302 g/mol. The predicted molar refractivity (Wildman–Crippen MR) is 89.2 cm³/mol. The van der Waals surface area contributed by atoms with Crippen molar-refractivity contribution >= 4 is 0 Å². The van der Waals surface area contributed by atoms with Crippen LogP contribution < -0.4 is 9.47 Å².